The summed E-state index contributed by atoms with van der Waals surface area (Å²) in [5, 5.41) is 9.68. The Kier molecular flexibility index (Phi) is 7.10. The lowest BCUT2D eigenvalue weighted by atomic mass is 10.0. The van der Waals surface area contributed by atoms with E-state index in [9.17, 15) is 13.7 Å². The van der Waals surface area contributed by atoms with Crippen LogP contribution >= 0.6 is 0 Å². The number of piperidine rings is 1. The van der Waals surface area contributed by atoms with E-state index >= 15 is 0 Å². The average molecular weight is 506 g/mol. The van der Waals surface area contributed by atoms with E-state index in [2.05, 4.69) is 52.0 Å². The first-order valence-electron chi connectivity index (χ1n) is 12.5. The summed E-state index contributed by atoms with van der Waals surface area (Å²) in [5.74, 6) is 1.16. The zero-order valence-corrected chi connectivity index (χ0v) is 21.3. The van der Waals surface area contributed by atoms with Gasteiger partial charge in [-0.15, -0.1) is 0 Å². The number of sulfonamides is 1. The van der Waals surface area contributed by atoms with Gasteiger partial charge in [0.2, 0.25) is 27.5 Å². The van der Waals surface area contributed by atoms with E-state index in [1.165, 1.54) is 5.56 Å². The first kappa shape index (κ1) is 24.5. The van der Waals surface area contributed by atoms with Gasteiger partial charge in [-0.3, -0.25) is 4.90 Å². The number of hydrogen-bond donors (Lipinski definition) is 0. The fourth-order valence-electron chi connectivity index (χ4n) is 4.96. The van der Waals surface area contributed by atoms with E-state index in [4.69, 9.17) is 4.42 Å². The number of nitriles is 1. The van der Waals surface area contributed by atoms with Crippen LogP contribution in [0.5, 0.6) is 0 Å². The summed E-state index contributed by atoms with van der Waals surface area (Å²) < 4.78 is 33.8. The number of oxazole rings is 1. The minimum Gasteiger partial charge on any atom is -0.419 e. The highest BCUT2D eigenvalue weighted by molar-refractivity contribution is 7.89. The van der Waals surface area contributed by atoms with Crippen molar-refractivity contribution in [2.45, 2.75) is 31.2 Å². The number of rotatable bonds is 6. The van der Waals surface area contributed by atoms with Crippen LogP contribution in [0.3, 0.4) is 0 Å². The van der Waals surface area contributed by atoms with Gasteiger partial charge in [-0.1, -0.05) is 37.3 Å². The zero-order valence-electron chi connectivity index (χ0n) is 20.5. The van der Waals surface area contributed by atoms with Crippen LogP contribution in [-0.2, 0) is 16.6 Å². The monoisotopic (exact) mass is 505 g/mol. The summed E-state index contributed by atoms with van der Waals surface area (Å²) in [5.41, 5.74) is 2.18. The molecule has 2 aliphatic heterocycles. The van der Waals surface area contributed by atoms with Crippen LogP contribution in [-0.4, -0.2) is 61.9 Å². The molecular formula is C27H31N5O3S. The molecule has 1 atom stereocenters. The summed E-state index contributed by atoms with van der Waals surface area (Å²) in [4.78, 5) is 9.12. The normalized spacial score (nSPS) is 19.8. The molecule has 0 N–H and O–H groups in total. The molecule has 188 valence electrons. The number of anilines is 1. The number of benzene rings is 2. The largest absolute Gasteiger partial charge is 0.419 e. The van der Waals surface area contributed by atoms with Crippen molar-refractivity contribution in [1.82, 2.24) is 14.2 Å². The van der Waals surface area contributed by atoms with Crippen molar-refractivity contribution in [3.05, 3.63) is 65.9 Å². The molecular weight excluding hydrogens is 474 g/mol. The van der Waals surface area contributed by atoms with Crippen LogP contribution in [0, 0.1) is 17.2 Å². The van der Waals surface area contributed by atoms with Crippen molar-refractivity contribution in [3.63, 3.8) is 0 Å². The van der Waals surface area contributed by atoms with Crippen LogP contribution in [0.4, 0.5) is 5.88 Å². The van der Waals surface area contributed by atoms with Crippen LogP contribution < -0.4 is 4.90 Å². The molecule has 0 bridgehead atoms. The first-order valence-corrected chi connectivity index (χ1v) is 13.9. The molecule has 2 saturated heterocycles. The summed E-state index contributed by atoms with van der Waals surface area (Å²) in [7, 11) is -3.53. The second-order valence-electron chi connectivity index (χ2n) is 9.67. The average Bonchev–Trinajstić information content (AvgIpc) is 3.34. The molecule has 2 aliphatic rings. The Morgan fingerprint density at radius 3 is 2.42 bits per heavy atom. The molecule has 8 nitrogen and oxygen atoms in total. The summed E-state index contributed by atoms with van der Waals surface area (Å²) in [6.07, 6.45) is 1.94. The van der Waals surface area contributed by atoms with E-state index in [0.717, 1.165) is 45.6 Å². The first-order chi connectivity index (χ1) is 17.4. The van der Waals surface area contributed by atoms with Crippen LogP contribution in [0.25, 0.3) is 11.5 Å². The SMILES string of the molecule is CC1CCCN(S(=O)(=O)c2ccc(-c3nc(C#N)c(N4CCN(Cc5ccccc5)CC4)o3)cc2)C1. The molecule has 0 aliphatic carbocycles. The smallest absolute Gasteiger partial charge is 0.243 e. The second kappa shape index (κ2) is 10.4. The van der Waals surface area contributed by atoms with Crippen molar-refractivity contribution < 1.29 is 12.8 Å². The quantitative estimate of drug-likeness (QED) is 0.501. The maximum Gasteiger partial charge on any atom is 0.243 e. The molecule has 3 heterocycles. The van der Waals surface area contributed by atoms with Crippen molar-refractivity contribution in [2.75, 3.05) is 44.2 Å². The molecule has 0 amide bonds. The lowest BCUT2D eigenvalue weighted by Gasteiger charge is -2.34. The van der Waals surface area contributed by atoms with Gasteiger partial charge in [-0.05, 0) is 48.6 Å². The third-order valence-electron chi connectivity index (χ3n) is 6.98. The highest BCUT2D eigenvalue weighted by Crippen LogP contribution is 2.30. The number of hydrogen-bond acceptors (Lipinski definition) is 7. The summed E-state index contributed by atoms with van der Waals surface area (Å²) >= 11 is 0. The molecule has 36 heavy (non-hydrogen) atoms. The van der Waals surface area contributed by atoms with E-state index in [0.29, 0.717) is 36.3 Å². The molecule has 1 aromatic heterocycles. The van der Waals surface area contributed by atoms with Gasteiger partial charge in [0.1, 0.15) is 6.07 Å². The third-order valence-corrected chi connectivity index (χ3v) is 8.86. The van der Waals surface area contributed by atoms with E-state index in [-0.39, 0.29) is 10.6 Å². The van der Waals surface area contributed by atoms with E-state index in [1.807, 2.05) is 6.07 Å². The predicted octanol–water partition coefficient (Wildman–Crippen LogP) is 3.96. The Hall–Kier alpha value is -3.19. The molecule has 1 unspecified atom stereocenters. The van der Waals surface area contributed by atoms with Crippen molar-refractivity contribution >= 4 is 15.9 Å². The molecule has 0 spiro atoms. The van der Waals surface area contributed by atoms with Crippen molar-refractivity contribution in [3.8, 4) is 17.5 Å². The summed E-state index contributed by atoms with van der Waals surface area (Å²) in [6, 6.07) is 19.1. The topological polar surface area (TPSA) is 93.7 Å². The van der Waals surface area contributed by atoms with Gasteiger partial charge in [0.25, 0.3) is 0 Å². The van der Waals surface area contributed by atoms with E-state index in [1.54, 1.807) is 28.6 Å². The Morgan fingerprint density at radius 1 is 1.03 bits per heavy atom. The number of piperazine rings is 1. The van der Waals surface area contributed by atoms with Gasteiger partial charge >= 0.3 is 0 Å². The van der Waals surface area contributed by atoms with Crippen LogP contribution in [0.2, 0.25) is 0 Å². The number of aromatic nitrogens is 1. The van der Waals surface area contributed by atoms with Gasteiger partial charge in [-0.2, -0.15) is 14.6 Å². The van der Waals surface area contributed by atoms with Crippen molar-refractivity contribution in [2.24, 2.45) is 5.92 Å². The van der Waals surface area contributed by atoms with Gasteiger partial charge in [0, 0.05) is 51.4 Å². The summed E-state index contributed by atoms with van der Waals surface area (Å²) in [6.45, 7) is 7.28. The Labute approximate surface area is 212 Å². The molecule has 2 fully saturated rings. The predicted molar refractivity (Wildman–Crippen MR) is 138 cm³/mol. The second-order valence-corrected chi connectivity index (χ2v) is 11.6. The molecule has 2 aromatic carbocycles. The maximum atomic E-state index is 13.1. The molecule has 3 aromatic rings. The molecule has 0 saturated carbocycles. The molecule has 9 heteroatoms. The maximum absolute atomic E-state index is 13.1. The van der Waals surface area contributed by atoms with Gasteiger partial charge in [0.15, 0.2) is 0 Å². The highest BCUT2D eigenvalue weighted by atomic mass is 32.2. The minimum absolute atomic E-state index is 0.250. The Morgan fingerprint density at radius 2 is 1.75 bits per heavy atom. The Bertz CT molecular complexity index is 1320. The molecule has 0 radical (unpaired) electrons. The van der Waals surface area contributed by atoms with Gasteiger partial charge in [-0.25, -0.2) is 8.42 Å². The third kappa shape index (κ3) is 5.16. The van der Waals surface area contributed by atoms with Crippen LogP contribution in [0.15, 0.2) is 63.9 Å². The fourth-order valence-corrected chi connectivity index (χ4v) is 6.55. The molecule has 5 rings (SSSR count). The zero-order chi connectivity index (χ0) is 25.1. The fraction of sp³-hybridized carbons (Fsp3) is 0.407. The highest BCUT2D eigenvalue weighted by Gasteiger charge is 2.29. The Balaban J connectivity index is 1.28. The van der Waals surface area contributed by atoms with Crippen LogP contribution in [0.1, 0.15) is 31.0 Å². The van der Waals surface area contributed by atoms with E-state index < -0.39 is 10.0 Å². The number of nitrogens with zero attached hydrogens (tertiary/aromatic N) is 5. The lowest BCUT2D eigenvalue weighted by Crippen LogP contribution is -2.46. The standard InChI is InChI=1S/C27H31N5O3S/c1-21-6-5-13-32(19-21)36(33,34)24-11-9-23(10-12-24)26-29-25(18-28)27(35-26)31-16-14-30(15-17-31)20-22-7-3-2-4-8-22/h2-4,7-12,21H,5-6,13-17,19-20H2,1H3. The van der Waals surface area contributed by atoms with Gasteiger partial charge < -0.3 is 9.32 Å². The van der Waals surface area contributed by atoms with Gasteiger partial charge in [0.05, 0.1) is 4.90 Å². The van der Waals surface area contributed by atoms with Crippen molar-refractivity contribution in [1.29, 1.82) is 5.26 Å². The lowest BCUT2D eigenvalue weighted by molar-refractivity contribution is 0.246. The minimum atomic E-state index is -3.53.